The van der Waals surface area contributed by atoms with Gasteiger partial charge in [-0.05, 0) is 0 Å². The van der Waals surface area contributed by atoms with Crippen LogP contribution in [0.15, 0.2) is 0 Å². The van der Waals surface area contributed by atoms with E-state index in [1.807, 2.05) is 0 Å². The molecule has 0 unspecified atom stereocenters. The summed E-state index contributed by atoms with van der Waals surface area (Å²) in [5.41, 5.74) is 0. The van der Waals surface area contributed by atoms with E-state index in [1.165, 1.54) is 0 Å². The number of aliphatic hydroxyl groups excluding tert-OH is 1. The smallest absolute Gasteiger partial charge is 0.162 e. The van der Waals surface area contributed by atoms with Gasteiger partial charge in [0.15, 0.2) is 14.8 Å². The molecule has 2 N–H and O–H groups in total. The first-order valence-electron chi connectivity index (χ1n) is 1.42. The summed E-state index contributed by atoms with van der Waals surface area (Å²) in [6.07, 6.45) is -1.52. The zero-order valence-corrected chi connectivity index (χ0v) is 3.93. The Morgan fingerprint density at radius 1 is 1.67 bits per heavy atom. The number of hydrogen-bond donors (Lipinski definition) is 2. The maximum atomic E-state index is 9.39. The average Bonchev–Trinajstić information content (AvgIpc) is 1.35. The predicted molar refractivity (Wildman–Crippen MR) is 20.7 cm³/mol. The molecule has 0 saturated heterocycles. The topological polar surface area (TPSA) is 57.5 Å². The van der Waals surface area contributed by atoms with Crippen molar-refractivity contribution in [1.29, 1.82) is 0 Å². The van der Waals surface area contributed by atoms with E-state index >= 15 is 0 Å². The van der Waals surface area contributed by atoms with Gasteiger partial charge in [0.05, 0.1) is 6.16 Å². The Bertz CT molecular complexity index is 44.1. The van der Waals surface area contributed by atoms with Crippen LogP contribution in [0.5, 0.6) is 0 Å². The fourth-order valence-electron chi connectivity index (χ4n) is 0.0667. The molecule has 0 radical (unpaired) electrons. The Balaban J connectivity index is 2.81. The largest absolute Gasteiger partial charge is 0.367 e. The molecule has 0 aliphatic rings. The first kappa shape index (κ1) is 6.02. The molecule has 0 aromatic rings. The summed E-state index contributed by atoms with van der Waals surface area (Å²) in [6, 6.07) is 0. The lowest BCUT2D eigenvalue weighted by molar-refractivity contribution is -0.0193. The lowest BCUT2D eigenvalue weighted by Crippen LogP contribution is -2.04. The minimum Gasteiger partial charge on any atom is -0.367 e. The third-order valence-corrected chi connectivity index (χ3v) is 0.714. The van der Waals surface area contributed by atoms with E-state index in [4.69, 9.17) is 10.2 Å². The van der Waals surface area contributed by atoms with Crippen LogP contribution >= 0.6 is 8.46 Å². The summed E-state index contributed by atoms with van der Waals surface area (Å²) in [5, 5.41) is 15.8. The van der Waals surface area contributed by atoms with Gasteiger partial charge in [-0.15, -0.1) is 0 Å². The van der Waals surface area contributed by atoms with Gasteiger partial charge >= 0.3 is 0 Å². The van der Waals surface area contributed by atoms with Crippen molar-refractivity contribution in [2.45, 2.75) is 6.29 Å². The Kier molecular flexibility index (Phi) is 3.23. The zero-order valence-electron chi connectivity index (χ0n) is 3.03. The van der Waals surface area contributed by atoms with Crippen molar-refractivity contribution in [3.63, 3.8) is 0 Å². The Morgan fingerprint density at radius 3 is 2.17 bits per heavy atom. The van der Waals surface area contributed by atoms with Crippen LogP contribution in [0, 0.1) is 0 Å². The second-order valence-corrected chi connectivity index (χ2v) is 1.42. The van der Waals surface area contributed by atoms with Crippen LogP contribution < -0.4 is 0 Å². The third-order valence-electron chi connectivity index (χ3n) is 0.238. The molecule has 0 aromatic heterocycles. The highest BCUT2D eigenvalue weighted by Crippen LogP contribution is 1.90. The van der Waals surface area contributed by atoms with Crippen molar-refractivity contribution in [1.82, 2.24) is 0 Å². The number of hydrogen-bond acceptors (Lipinski definition) is 3. The predicted octanol–water partition coefficient (Wildman–Crippen LogP) is -0.411. The van der Waals surface area contributed by atoms with Crippen LogP contribution in [0.25, 0.3) is 0 Å². The quantitative estimate of drug-likeness (QED) is 0.373. The van der Waals surface area contributed by atoms with E-state index < -0.39 is 6.29 Å². The summed E-state index contributed by atoms with van der Waals surface area (Å²) < 4.78 is 9.39. The van der Waals surface area contributed by atoms with Crippen molar-refractivity contribution in [3.8, 4) is 0 Å². The van der Waals surface area contributed by atoms with Gasteiger partial charge < -0.3 is 10.2 Å². The van der Waals surface area contributed by atoms with E-state index in [0.717, 1.165) is 0 Å². The summed E-state index contributed by atoms with van der Waals surface area (Å²) in [5.74, 6) is 0. The highest BCUT2D eigenvalue weighted by atomic mass is 31.1. The first-order chi connectivity index (χ1) is 2.77. The van der Waals surface area contributed by atoms with Gasteiger partial charge in [0, 0.05) is 0 Å². The van der Waals surface area contributed by atoms with Crippen LogP contribution in [-0.2, 0) is 4.57 Å². The van der Waals surface area contributed by atoms with Crippen LogP contribution in [0.4, 0.5) is 0 Å². The van der Waals surface area contributed by atoms with Crippen molar-refractivity contribution >= 4 is 8.46 Å². The monoisotopic (exact) mass is 108 g/mol. The van der Waals surface area contributed by atoms with Crippen LogP contribution in [0.3, 0.4) is 0 Å². The summed E-state index contributed by atoms with van der Waals surface area (Å²) in [7, 11) is -0.226. The lowest BCUT2D eigenvalue weighted by Gasteiger charge is -1.88. The molecule has 4 heteroatoms. The van der Waals surface area contributed by atoms with Crippen LogP contribution in [-0.4, -0.2) is 22.7 Å². The minimum absolute atomic E-state index is 0.0972. The van der Waals surface area contributed by atoms with Crippen molar-refractivity contribution < 1.29 is 14.8 Å². The molecule has 0 bridgehead atoms. The average molecular weight is 108 g/mol. The molecule has 0 aromatic carbocycles. The number of rotatable bonds is 2. The van der Waals surface area contributed by atoms with E-state index in [0.29, 0.717) is 0 Å². The molecule has 0 fully saturated rings. The summed E-state index contributed by atoms with van der Waals surface area (Å²) in [4.78, 5) is 0. The highest BCUT2D eigenvalue weighted by molar-refractivity contribution is 7.23. The molecule has 0 saturated carbocycles. The Labute approximate surface area is 36.8 Å². The van der Waals surface area contributed by atoms with Crippen LogP contribution in [0.2, 0.25) is 0 Å². The second kappa shape index (κ2) is 3.22. The Hall–Kier alpha value is 0.0200. The van der Waals surface area contributed by atoms with Gasteiger partial charge in [-0.2, -0.15) is 0 Å². The third kappa shape index (κ3) is 4.02. The molecule has 0 atom stereocenters. The normalized spacial score (nSPS) is 10.5. The fourth-order valence-corrected chi connectivity index (χ4v) is 0.200. The molecule has 0 aliphatic carbocycles. The van der Waals surface area contributed by atoms with Gasteiger partial charge in [0.1, 0.15) is 0 Å². The maximum Gasteiger partial charge on any atom is 0.162 e. The standard InChI is InChI=1S/C2H5O3P/c3-2(4)1-6-5/h2-4H,1H2. The molecule has 0 rings (SSSR count). The molecule has 3 nitrogen and oxygen atoms in total. The minimum atomic E-state index is -1.43. The van der Waals surface area contributed by atoms with E-state index in [9.17, 15) is 4.57 Å². The Morgan fingerprint density at radius 2 is 2.17 bits per heavy atom. The maximum absolute atomic E-state index is 9.39. The molecule has 0 heterocycles. The van der Waals surface area contributed by atoms with E-state index in [2.05, 4.69) is 0 Å². The zero-order chi connectivity index (χ0) is 4.99. The SMILES string of the molecule is O=PCC(O)O. The van der Waals surface area contributed by atoms with E-state index in [1.54, 1.807) is 0 Å². The summed E-state index contributed by atoms with van der Waals surface area (Å²) >= 11 is 0. The van der Waals surface area contributed by atoms with Gasteiger partial charge in [-0.25, -0.2) is 0 Å². The van der Waals surface area contributed by atoms with Gasteiger partial charge in [-0.1, -0.05) is 0 Å². The summed E-state index contributed by atoms with van der Waals surface area (Å²) in [6.45, 7) is 0. The molecular weight excluding hydrogens is 103 g/mol. The number of aliphatic hydroxyl groups is 2. The van der Waals surface area contributed by atoms with Gasteiger partial charge in [0.2, 0.25) is 0 Å². The fraction of sp³-hybridized carbons (Fsp3) is 1.00. The molecule has 0 spiro atoms. The van der Waals surface area contributed by atoms with Gasteiger partial charge in [0.25, 0.3) is 0 Å². The van der Waals surface area contributed by atoms with Crippen molar-refractivity contribution in [3.05, 3.63) is 0 Å². The van der Waals surface area contributed by atoms with Crippen molar-refractivity contribution in [2.24, 2.45) is 0 Å². The van der Waals surface area contributed by atoms with E-state index in [-0.39, 0.29) is 14.6 Å². The van der Waals surface area contributed by atoms with Gasteiger partial charge in [-0.3, -0.25) is 4.57 Å². The molecule has 6 heavy (non-hydrogen) atoms. The molecule has 36 valence electrons. The highest BCUT2D eigenvalue weighted by Gasteiger charge is 1.90. The lowest BCUT2D eigenvalue weighted by atomic mass is 10.8. The van der Waals surface area contributed by atoms with Crippen molar-refractivity contribution in [2.75, 3.05) is 6.16 Å². The van der Waals surface area contributed by atoms with Crippen LogP contribution in [0.1, 0.15) is 0 Å². The molecular formula is C2H5O3P. The first-order valence-corrected chi connectivity index (χ1v) is 2.42. The molecule has 0 amide bonds. The molecule has 0 aliphatic heterocycles. The second-order valence-electron chi connectivity index (χ2n) is 0.792.